The molecule has 0 aliphatic rings. The molecular weight excluding hydrogens is 521 g/mol. The van der Waals surface area contributed by atoms with E-state index in [0.717, 1.165) is 33.7 Å². The van der Waals surface area contributed by atoms with Crippen molar-refractivity contribution in [2.75, 3.05) is 19.5 Å². The van der Waals surface area contributed by atoms with E-state index >= 15 is 0 Å². The number of hydroxylamine groups is 1. The number of ether oxygens (including phenoxy) is 3. The van der Waals surface area contributed by atoms with Gasteiger partial charge in [0.25, 0.3) is 0 Å². The number of amides is 2. The van der Waals surface area contributed by atoms with E-state index in [1.54, 1.807) is 11.7 Å². The summed E-state index contributed by atoms with van der Waals surface area (Å²) in [6.45, 7) is 0.0390. The Hall–Kier alpha value is -4.91. The first-order chi connectivity index (χ1) is 18.3. The van der Waals surface area contributed by atoms with E-state index in [2.05, 4.69) is 15.1 Å². The Labute approximate surface area is 218 Å². The first-order valence-corrected chi connectivity index (χ1v) is 11.7. The molecule has 196 valence electrons. The number of fused-ring (bicyclic) bond motifs is 1. The minimum atomic E-state index is -1.33. The number of aromatic carboxylic acids is 1. The number of anilines is 1. The number of methoxy groups -OCH3 is 2. The van der Waals surface area contributed by atoms with Crippen LogP contribution in [0.3, 0.4) is 0 Å². The van der Waals surface area contributed by atoms with Crippen LogP contribution in [0.1, 0.15) is 25.6 Å². The van der Waals surface area contributed by atoms with Crippen molar-refractivity contribution < 1.29 is 42.9 Å². The summed E-state index contributed by atoms with van der Waals surface area (Å²) in [7, 11) is 2.84. The molecule has 2 aromatic heterocycles. The van der Waals surface area contributed by atoms with E-state index in [9.17, 15) is 18.8 Å². The van der Waals surface area contributed by atoms with Gasteiger partial charge in [-0.3, -0.25) is 0 Å². The maximum absolute atomic E-state index is 14.6. The van der Waals surface area contributed by atoms with Gasteiger partial charge in [0.15, 0.2) is 17.3 Å². The standard InChI is InChI=1S/C25H20FN3O8S/c1-34-18-10-16(26)17(28-25(33)29-37-24(32)21-15(23(30)31)7-9-38-21)11-19(18)36-12-14-5-3-4-13-6-8-27-22(35-2)20(13)14/h3-11H,12H2,1-2H3,(H,30,31)(H2,28,29,33). The summed E-state index contributed by atoms with van der Waals surface area (Å²) in [4.78, 5) is 44.2. The van der Waals surface area contributed by atoms with Crippen LogP contribution in [0.5, 0.6) is 17.4 Å². The van der Waals surface area contributed by atoms with Crippen LogP contribution in [-0.4, -0.2) is 42.3 Å². The van der Waals surface area contributed by atoms with Crippen LogP contribution in [0.2, 0.25) is 0 Å². The molecule has 0 bridgehead atoms. The lowest BCUT2D eigenvalue weighted by Crippen LogP contribution is -2.31. The summed E-state index contributed by atoms with van der Waals surface area (Å²) in [6, 6.07) is 9.76. The molecule has 2 amide bonds. The maximum atomic E-state index is 14.6. The summed E-state index contributed by atoms with van der Waals surface area (Å²) < 4.78 is 31.1. The highest BCUT2D eigenvalue weighted by Gasteiger charge is 2.21. The molecule has 0 spiro atoms. The Morgan fingerprint density at radius 1 is 1.08 bits per heavy atom. The van der Waals surface area contributed by atoms with Gasteiger partial charge in [0, 0.05) is 23.9 Å². The lowest BCUT2D eigenvalue weighted by molar-refractivity contribution is 0.0340. The quantitative estimate of drug-likeness (QED) is 0.272. The fourth-order valence-corrected chi connectivity index (χ4v) is 4.29. The Morgan fingerprint density at radius 3 is 2.63 bits per heavy atom. The van der Waals surface area contributed by atoms with Crippen LogP contribution in [0.4, 0.5) is 14.9 Å². The zero-order valence-electron chi connectivity index (χ0n) is 19.9. The summed E-state index contributed by atoms with van der Waals surface area (Å²) in [6.07, 6.45) is 1.63. The third-order valence-electron chi connectivity index (χ3n) is 5.24. The van der Waals surface area contributed by atoms with Gasteiger partial charge in [0.05, 0.1) is 30.9 Å². The van der Waals surface area contributed by atoms with E-state index in [1.165, 1.54) is 31.7 Å². The van der Waals surface area contributed by atoms with Gasteiger partial charge in [-0.2, -0.15) is 5.48 Å². The lowest BCUT2D eigenvalue weighted by Gasteiger charge is -2.15. The Balaban J connectivity index is 1.48. The summed E-state index contributed by atoms with van der Waals surface area (Å²) >= 11 is 0.827. The van der Waals surface area contributed by atoms with E-state index < -0.39 is 23.8 Å². The smallest absolute Gasteiger partial charge is 0.373 e. The Morgan fingerprint density at radius 2 is 1.89 bits per heavy atom. The molecule has 11 nitrogen and oxygen atoms in total. The molecule has 0 saturated heterocycles. The predicted octanol–water partition coefficient (Wildman–Crippen LogP) is 4.62. The van der Waals surface area contributed by atoms with Gasteiger partial charge in [-0.25, -0.2) is 23.8 Å². The molecule has 0 saturated carbocycles. The molecule has 38 heavy (non-hydrogen) atoms. The highest BCUT2D eigenvalue weighted by atomic mass is 32.1. The maximum Gasteiger partial charge on any atom is 0.373 e. The van der Waals surface area contributed by atoms with Crippen molar-refractivity contribution >= 4 is 45.8 Å². The number of nitrogens with zero attached hydrogens (tertiary/aromatic N) is 1. The molecular formula is C25H20FN3O8S. The number of carboxylic acid groups (broad SMARTS) is 1. The molecule has 0 aliphatic carbocycles. The van der Waals surface area contributed by atoms with Gasteiger partial charge in [-0.15, -0.1) is 11.3 Å². The van der Waals surface area contributed by atoms with Gasteiger partial charge in [0.1, 0.15) is 11.5 Å². The second kappa shape index (κ2) is 11.4. The van der Waals surface area contributed by atoms with Crippen LogP contribution in [-0.2, 0) is 11.4 Å². The molecule has 13 heteroatoms. The number of hydrogen-bond donors (Lipinski definition) is 3. The Kier molecular flexibility index (Phi) is 7.87. The first-order valence-electron chi connectivity index (χ1n) is 10.8. The molecule has 0 radical (unpaired) electrons. The number of pyridine rings is 1. The van der Waals surface area contributed by atoms with Crippen LogP contribution in [0.15, 0.2) is 54.0 Å². The third kappa shape index (κ3) is 5.57. The van der Waals surface area contributed by atoms with Crippen LogP contribution in [0, 0.1) is 5.82 Å². The third-order valence-corrected chi connectivity index (χ3v) is 6.13. The summed E-state index contributed by atoms with van der Waals surface area (Å²) in [5.74, 6) is -2.66. The normalized spacial score (nSPS) is 10.5. The molecule has 2 heterocycles. The average Bonchev–Trinajstić information content (AvgIpc) is 3.42. The van der Waals surface area contributed by atoms with E-state index in [4.69, 9.17) is 19.3 Å². The van der Waals surface area contributed by atoms with Crippen molar-refractivity contribution in [2.24, 2.45) is 0 Å². The number of rotatable bonds is 8. The number of thiophene rings is 1. The SMILES string of the molecule is COc1cc(F)c(NC(=O)NOC(=O)c2sccc2C(=O)O)cc1OCc1cccc2ccnc(OC)c12. The number of benzene rings is 2. The highest BCUT2D eigenvalue weighted by Crippen LogP contribution is 2.34. The molecule has 0 unspecified atom stereocenters. The van der Waals surface area contributed by atoms with E-state index in [1.807, 2.05) is 24.3 Å². The lowest BCUT2D eigenvalue weighted by atomic mass is 10.1. The number of carbonyl (C=O) groups excluding carboxylic acids is 2. The number of hydrogen-bond acceptors (Lipinski definition) is 9. The van der Waals surface area contributed by atoms with Crippen LogP contribution < -0.4 is 25.0 Å². The first kappa shape index (κ1) is 26.2. The van der Waals surface area contributed by atoms with Gasteiger partial charge >= 0.3 is 18.0 Å². The number of nitrogens with one attached hydrogen (secondary N) is 2. The molecule has 2 aromatic carbocycles. The van der Waals surface area contributed by atoms with Crippen molar-refractivity contribution in [3.8, 4) is 17.4 Å². The number of aromatic nitrogens is 1. The number of halogens is 1. The minimum Gasteiger partial charge on any atom is -0.493 e. The molecule has 4 rings (SSSR count). The zero-order chi connectivity index (χ0) is 27.2. The topological polar surface area (TPSA) is 145 Å². The molecule has 0 fully saturated rings. The largest absolute Gasteiger partial charge is 0.493 e. The molecule has 3 N–H and O–H groups in total. The van der Waals surface area contributed by atoms with Crippen molar-refractivity contribution in [1.29, 1.82) is 0 Å². The van der Waals surface area contributed by atoms with Crippen molar-refractivity contribution in [2.45, 2.75) is 6.61 Å². The second-order valence-corrected chi connectivity index (χ2v) is 8.44. The monoisotopic (exact) mass is 541 g/mol. The highest BCUT2D eigenvalue weighted by molar-refractivity contribution is 7.12. The molecule has 0 atom stereocenters. The predicted molar refractivity (Wildman–Crippen MR) is 134 cm³/mol. The Bertz CT molecular complexity index is 1520. The molecule has 4 aromatic rings. The van der Waals surface area contributed by atoms with Gasteiger partial charge in [-0.1, -0.05) is 18.2 Å². The summed E-state index contributed by atoms with van der Waals surface area (Å²) in [5, 5.41) is 14.3. The van der Waals surface area contributed by atoms with Crippen molar-refractivity contribution in [1.82, 2.24) is 10.5 Å². The van der Waals surface area contributed by atoms with Gasteiger partial charge in [0.2, 0.25) is 5.88 Å². The van der Waals surface area contributed by atoms with Crippen molar-refractivity contribution in [3.05, 3.63) is 75.9 Å². The van der Waals surface area contributed by atoms with E-state index in [0.29, 0.717) is 5.88 Å². The van der Waals surface area contributed by atoms with Crippen LogP contribution in [0.25, 0.3) is 10.8 Å². The summed E-state index contributed by atoms with van der Waals surface area (Å²) in [5.41, 5.74) is 1.98. The number of carboxylic acids is 1. The minimum absolute atomic E-state index is 0.0390. The van der Waals surface area contributed by atoms with E-state index in [-0.39, 0.29) is 34.2 Å². The van der Waals surface area contributed by atoms with Gasteiger partial charge in [-0.05, 0) is 22.9 Å². The van der Waals surface area contributed by atoms with Gasteiger partial charge < -0.3 is 29.5 Å². The number of urea groups is 1. The average molecular weight is 542 g/mol. The second-order valence-electron chi connectivity index (χ2n) is 7.52. The van der Waals surface area contributed by atoms with Crippen molar-refractivity contribution in [3.63, 3.8) is 0 Å². The van der Waals surface area contributed by atoms with Crippen LogP contribution >= 0.6 is 11.3 Å². The number of carbonyl (C=O) groups is 3. The molecule has 0 aliphatic heterocycles. The zero-order valence-corrected chi connectivity index (χ0v) is 20.8. The fourth-order valence-electron chi connectivity index (χ4n) is 3.53. The fraction of sp³-hybridized carbons (Fsp3) is 0.120.